The Balaban J connectivity index is 1.51. The van der Waals surface area contributed by atoms with Gasteiger partial charge in [-0.3, -0.25) is 0 Å². The lowest BCUT2D eigenvalue weighted by molar-refractivity contribution is -0.0870. The number of ether oxygens (including phenoxy) is 2. The highest BCUT2D eigenvalue weighted by Crippen LogP contribution is 2.37. The molecular formula is C35H42O4Si. The monoisotopic (exact) mass is 554 g/mol. The molecule has 0 heterocycles. The van der Waals surface area contributed by atoms with Crippen LogP contribution in [-0.4, -0.2) is 38.8 Å². The number of rotatable bonds is 14. The maximum Gasteiger partial charge on any atom is 0.261 e. The van der Waals surface area contributed by atoms with Crippen LogP contribution >= 0.6 is 0 Å². The first-order valence-corrected chi connectivity index (χ1v) is 16.0. The minimum Gasteiger partial charge on any atom is -0.407 e. The van der Waals surface area contributed by atoms with Crippen LogP contribution in [-0.2, 0) is 27.1 Å². The van der Waals surface area contributed by atoms with E-state index in [1.54, 1.807) is 0 Å². The van der Waals surface area contributed by atoms with E-state index in [-0.39, 0.29) is 11.6 Å². The normalized spacial score (nSPS) is 13.6. The number of hydrogen-bond acceptors (Lipinski definition) is 4. The maximum absolute atomic E-state index is 11.2. The maximum atomic E-state index is 11.2. The molecule has 0 bridgehead atoms. The van der Waals surface area contributed by atoms with E-state index >= 15 is 0 Å². The van der Waals surface area contributed by atoms with Gasteiger partial charge in [-0.1, -0.05) is 142 Å². The molecule has 0 fully saturated rings. The zero-order valence-electron chi connectivity index (χ0n) is 23.9. The first kappa shape index (κ1) is 29.9. The standard InChI is InChI=1S/C35H42O4Si/c1-35(2,3)40(31-20-12-6-13-21-31,32-22-14-7-15-23-32)39-25-24-34(38-27-30-18-10-5-11-19-30)33(36)28-37-26-29-16-8-4-9-17-29/h4-23,33-34,36H,24-28H2,1-3H3/t33-,34-/m1/s1. The molecule has 0 saturated heterocycles. The number of benzene rings is 4. The van der Waals surface area contributed by atoms with Crippen LogP contribution in [0, 0.1) is 0 Å². The second kappa shape index (κ2) is 14.5. The second-order valence-electron chi connectivity index (χ2n) is 11.2. The molecule has 210 valence electrons. The van der Waals surface area contributed by atoms with E-state index in [2.05, 4.69) is 81.4 Å². The van der Waals surface area contributed by atoms with Gasteiger partial charge in [-0.25, -0.2) is 0 Å². The summed E-state index contributed by atoms with van der Waals surface area (Å²) in [5.41, 5.74) is 2.14. The second-order valence-corrected chi connectivity index (χ2v) is 15.5. The Morgan fingerprint density at radius 2 is 1.10 bits per heavy atom. The fourth-order valence-electron chi connectivity index (χ4n) is 5.23. The summed E-state index contributed by atoms with van der Waals surface area (Å²) in [6.45, 7) is 8.33. The van der Waals surface area contributed by atoms with Gasteiger partial charge in [-0.15, -0.1) is 0 Å². The lowest BCUT2D eigenvalue weighted by Gasteiger charge is -2.43. The Bertz CT molecular complexity index is 1200. The third-order valence-electron chi connectivity index (χ3n) is 7.27. The summed E-state index contributed by atoms with van der Waals surface area (Å²) in [4.78, 5) is 0. The van der Waals surface area contributed by atoms with Gasteiger partial charge in [0.05, 0.1) is 25.9 Å². The minimum absolute atomic E-state index is 0.118. The molecule has 0 saturated carbocycles. The molecule has 0 aromatic heterocycles. The molecule has 2 atom stereocenters. The fourth-order valence-corrected chi connectivity index (χ4v) is 9.81. The van der Waals surface area contributed by atoms with Gasteiger partial charge in [0.25, 0.3) is 8.32 Å². The van der Waals surface area contributed by atoms with Gasteiger partial charge in [-0.2, -0.15) is 0 Å². The average molecular weight is 555 g/mol. The summed E-state index contributed by atoms with van der Waals surface area (Å²) >= 11 is 0. The Morgan fingerprint density at radius 1 is 0.650 bits per heavy atom. The van der Waals surface area contributed by atoms with Crippen LogP contribution in [0.4, 0.5) is 0 Å². The summed E-state index contributed by atoms with van der Waals surface area (Å²) < 4.78 is 19.3. The van der Waals surface area contributed by atoms with Crippen LogP contribution < -0.4 is 10.4 Å². The average Bonchev–Trinajstić information content (AvgIpc) is 2.98. The van der Waals surface area contributed by atoms with Crippen LogP contribution in [0.1, 0.15) is 38.3 Å². The van der Waals surface area contributed by atoms with Crippen molar-refractivity contribution < 1.29 is 19.0 Å². The first-order chi connectivity index (χ1) is 19.4. The van der Waals surface area contributed by atoms with E-state index in [0.29, 0.717) is 26.2 Å². The summed E-state index contributed by atoms with van der Waals surface area (Å²) in [5, 5.41) is 13.6. The molecule has 5 heteroatoms. The predicted molar refractivity (Wildman–Crippen MR) is 165 cm³/mol. The Morgan fingerprint density at radius 3 is 1.57 bits per heavy atom. The van der Waals surface area contributed by atoms with Gasteiger partial charge in [0, 0.05) is 6.61 Å². The Labute approximate surface area is 240 Å². The highest BCUT2D eigenvalue weighted by molar-refractivity contribution is 6.99. The van der Waals surface area contributed by atoms with Crippen molar-refractivity contribution in [3.05, 3.63) is 132 Å². The van der Waals surface area contributed by atoms with Gasteiger partial charge in [0.1, 0.15) is 6.10 Å². The van der Waals surface area contributed by atoms with Crippen LogP contribution in [0.25, 0.3) is 0 Å². The van der Waals surface area contributed by atoms with E-state index in [0.717, 1.165) is 11.1 Å². The number of aliphatic hydroxyl groups excluding tert-OH is 1. The lowest BCUT2D eigenvalue weighted by atomic mass is 10.1. The zero-order chi connectivity index (χ0) is 28.3. The molecular weight excluding hydrogens is 512 g/mol. The summed E-state index contributed by atoms with van der Waals surface area (Å²) in [5.74, 6) is 0. The van der Waals surface area contributed by atoms with E-state index in [1.165, 1.54) is 10.4 Å². The van der Waals surface area contributed by atoms with Gasteiger partial charge in [0.2, 0.25) is 0 Å². The van der Waals surface area contributed by atoms with E-state index in [9.17, 15) is 5.11 Å². The largest absolute Gasteiger partial charge is 0.407 e. The first-order valence-electron chi connectivity index (χ1n) is 14.1. The van der Waals surface area contributed by atoms with Crippen molar-refractivity contribution in [2.45, 2.75) is 57.7 Å². The lowest BCUT2D eigenvalue weighted by Crippen LogP contribution is -2.66. The summed E-state index contributed by atoms with van der Waals surface area (Å²) in [6, 6.07) is 41.3. The molecule has 4 aromatic rings. The molecule has 1 N–H and O–H groups in total. The molecule has 0 aliphatic rings. The van der Waals surface area contributed by atoms with Gasteiger partial charge >= 0.3 is 0 Å². The van der Waals surface area contributed by atoms with Gasteiger partial charge < -0.3 is 19.0 Å². The third kappa shape index (κ3) is 7.78. The SMILES string of the molecule is CC(C)(C)[Si](OCC[C@@H](OCc1ccccc1)[C@H](O)COCc1ccccc1)(c1ccccc1)c1ccccc1. The minimum atomic E-state index is -2.68. The summed E-state index contributed by atoms with van der Waals surface area (Å²) in [6.07, 6.45) is -0.669. The molecule has 0 unspecified atom stereocenters. The quantitative estimate of drug-likeness (QED) is 0.191. The van der Waals surface area contributed by atoms with Crippen molar-refractivity contribution in [3.8, 4) is 0 Å². The molecule has 0 aliphatic carbocycles. The predicted octanol–water partition coefficient (Wildman–Crippen LogP) is 6.12. The van der Waals surface area contributed by atoms with Crippen molar-refractivity contribution in [1.29, 1.82) is 0 Å². The Hall–Kier alpha value is -3.06. The third-order valence-corrected chi connectivity index (χ3v) is 12.3. The van der Waals surface area contributed by atoms with Crippen LogP contribution in [0.2, 0.25) is 5.04 Å². The number of hydrogen-bond donors (Lipinski definition) is 1. The Kier molecular flexibility index (Phi) is 10.9. The van der Waals surface area contributed by atoms with E-state index in [1.807, 2.05) is 60.7 Å². The highest BCUT2D eigenvalue weighted by atomic mass is 28.4. The van der Waals surface area contributed by atoms with Gasteiger partial charge in [0.15, 0.2) is 0 Å². The topological polar surface area (TPSA) is 47.9 Å². The van der Waals surface area contributed by atoms with Crippen molar-refractivity contribution in [1.82, 2.24) is 0 Å². The smallest absolute Gasteiger partial charge is 0.261 e. The van der Waals surface area contributed by atoms with E-state index < -0.39 is 20.5 Å². The molecule has 0 amide bonds. The van der Waals surface area contributed by atoms with Crippen molar-refractivity contribution in [2.24, 2.45) is 0 Å². The van der Waals surface area contributed by atoms with E-state index in [4.69, 9.17) is 13.9 Å². The number of aliphatic hydroxyl groups is 1. The van der Waals surface area contributed by atoms with Crippen LogP contribution in [0.5, 0.6) is 0 Å². The fraction of sp³-hybridized carbons (Fsp3) is 0.314. The molecule has 4 nitrogen and oxygen atoms in total. The molecule has 0 radical (unpaired) electrons. The molecule has 40 heavy (non-hydrogen) atoms. The highest BCUT2D eigenvalue weighted by Gasteiger charge is 2.50. The zero-order valence-corrected chi connectivity index (χ0v) is 24.9. The molecule has 0 spiro atoms. The molecule has 4 aromatic carbocycles. The van der Waals surface area contributed by atoms with Crippen molar-refractivity contribution in [2.75, 3.05) is 13.2 Å². The van der Waals surface area contributed by atoms with Crippen molar-refractivity contribution in [3.63, 3.8) is 0 Å². The molecule has 4 rings (SSSR count). The molecule has 0 aliphatic heterocycles. The van der Waals surface area contributed by atoms with Crippen molar-refractivity contribution >= 4 is 18.7 Å². The van der Waals surface area contributed by atoms with Crippen LogP contribution in [0.15, 0.2) is 121 Å². The van der Waals surface area contributed by atoms with Crippen LogP contribution in [0.3, 0.4) is 0 Å². The summed E-state index contributed by atoms with van der Waals surface area (Å²) in [7, 11) is -2.68. The van der Waals surface area contributed by atoms with Gasteiger partial charge in [-0.05, 0) is 33.0 Å².